The van der Waals surface area contributed by atoms with E-state index in [4.69, 9.17) is 11.5 Å². The van der Waals surface area contributed by atoms with Crippen LogP contribution in [0.5, 0.6) is 0 Å². The monoisotopic (exact) mass is 117 g/mol. The van der Waals surface area contributed by atoms with Gasteiger partial charge in [-0.15, -0.1) is 0 Å². The maximum absolute atomic E-state index is 5.39. The van der Waals surface area contributed by atoms with Crippen LogP contribution in [0.3, 0.4) is 0 Å². The summed E-state index contributed by atoms with van der Waals surface area (Å²) in [5.41, 5.74) is 10.1. The second-order valence-corrected chi connectivity index (χ2v) is 2.38. The Labute approximate surface area is 46.3 Å². The molecule has 7 heavy (non-hydrogen) atoms. The molecule has 40 valence electrons. The summed E-state index contributed by atoms with van der Waals surface area (Å²) in [5, 5.41) is 0. The summed E-state index contributed by atoms with van der Waals surface area (Å²) in [4.78, 5) is 0. The van der Waals surface area contributed by atoms with Gasteiger partial charge in [-0.25, -0.2) is 4.40 Å². The Hall–Kier alpha value is -0.0600. The van der Waals surface area contributed by atoms with Crippen molar-refractivity contribution in [2.75, 3.05) is 5.75 Å². The van der Waals surface area contributed by atoms with Gasteiger partial charge >= 0.3 is 0 Å². The van der Waals surface area contributed by atoms with Crippen LogP contribution in [-0.2, 0) is 0 Å². The third-order valence-corrected chi connectivity index (χ3v) is 1.57. The van der Waals surface area contributed by atoms with Gasteiger partial charge in [-0.2, -0.15) is 0 Å². The normalized spacial score (nSPS) is 26.0. The Morgan fingerprint density at radius 2 is 2.43 bits per heavy atom. The van der Waals surface area contributed by atoms with Crippen LogP contribution in [0.4, 0.5) is 0 Å². The number of nitrogens with two attached hydrogens (primary N) is 2. The molecule has 0 aromatic heterocycles. The largest absolute Gasteiger partial charge is 0.308 e. The fourth-order valence-corrected chi connectivity index (χ4v) is 0.965. The molecule has 0 aromatic rings. The Morgan fingerprint density at radius 3 is 2.57 bits per heavy atom. The van der Waals surface area contributed by atoms with E-state index in [1.54, 1.807) is 6.21 Å². The maximum Gasteiger partial charge on any atom is 0.112 e. The summed E-state index contributed by atoms with van der Waals surface area (Å²) in [6.07, 6.45) is 1.57. The molecule has 0 atom stereocenters. The first-order chi connectivity index (χ1) is 3.21. The molecule has 3 nitrogen and oxygen atoms in total. The van der Waals surface area contributed by atoms with E-state index in [1.807, 2.05) is 0 Å². The number of hydrogen-bond donors (Lipinski definition) is 2. The second kappa shape index (κ2) is 1.47. The zero-order valence-electron chi connectivity index (χ0n) is 3.79. The van der Waals surface area contributed by atoms with Crippen LogP contribution in [0.1, 0.15) is 0 Å². The first kappa shape index (κ1) is 5.08. The molecule has 0 fully saturated rings. The average molecular weight is 117 g/mol. The first-order valence-corrected chi connectivity index (χ1v) is 2.89. The highest BCUT2D eigenvalue weighted by atomic mass is 32.2. The van der Waals surface area contributed by atoms with Gasteiger partial charge in [0.1, 0.15) is 5.66 Å². The third-order valence-electron chi connectivity index (χ3n) is 0.682. The van der Waals surface area contributed by atoms with Gasteiger partial charge in [0.15, 0.2) is 0 Å². The molecule has 0 unspecified atom stereocenters. The topological polar surface area (TPSA) is 64.4 Å². The lowest BCUT2D eigenvalue weighted by Crippen LogP contribution is -2.51. The van der Waals surface area contributed by atoms with E-state index in [0.717, 1.165) is 0 Å². The minimum absolute atomic E-state index is 0.634. The van der Waals surface area contributed by atoms with Crippen LogP contribution in [-0.4, -0.2) is 17.6 Å². The SMILES string of the molecule is NC1(N)C=NSC1. The number of rotatable bonds is 0. The van der Waals surface area contributed by atoms with E-state index in [9.17, 15) is 0 Å². The molecule has 4 heteroatoms. The van der Waals surface area contributed by atoms with E-state index in [1.165, 1.54) is 11.9 Å². The molecule has 4 N–H and O–H groups in total. The summed E-state index contributed by atoms with van der Waals surface area (Å²) >= 11 is 1.40. The summed E-state index contributed by atoms with van der Waals surface area (Å²) in [6, 6.07) is 0. The molecule has 1 aliphatic heterocycles. The zero-order chi connectivity index (χ0) is 5.33. The lowest BCUT2D eigenvalue weighted by Gasteiger charge is -2.09. The van der Waals surface area contributed by atoms with Crippen LogP contribution in [0.25, 0.3) is 0 Å². The molecule has 1 heterocycles. The Kier molecular flexibility index (Phi) is 1.07. The van der Waals surface area contributed by atoms with E-state index in [2.05, 4.69) is 4.40 Å². The molecule has 0 saturated carbocycles. The van der Waals surface area contributed by atoms with Gasteiger partial charge < -0.3 is 11.5 Å². The maximum atomic E-state index is 5.39. The number of hydrogen-bond acceptors (Lipinski definition) is 4. The van der Waals surface area contributed by atoms with Gasteiger partial charge in [0, 0.05) is 6.21 Å². The molecule has 0 saturated heterocycles. The van der Waals surface area contributed by atoms with E-state index < -0.39 is 5.66 Å². The molecule has 0 bridgehead atoms. The van der Waals surface area contributed by atoms with Crippen molar-refractivity contribution in [2.24, 2.45) is 15.9 Å². The van der Waals surface area contributed by atoms with Gasteiger partial charge in [-0.1, -0.05) is 0 Å². The summed E-state index contributed by atoms with van der Waals surface area (Å²) < 4.78 is 3.78. The van der Waals surface area contributed by atoms with Crippen molar-refractivity contribution in [1.29, 1.82) is 0 Å². The first-order valence-electron chi connectivity index (χ1n) is 1.95. The van der Waals surface area contributed by atoms with Crippen LogP contribution in [0.2, 0.25) is 0 Å². The minimum Gasteiger partial charge on any atom is -0.308 e. The molecular weight excluding hydrogens is 110 g/mol. The van der Waals surface area contributed by atoms with Crippen LogP contribution < -0.4 is 11.5 Å². The van der Waals surface area contributed by atoms with E-state index >= 15 is 0 Å². The fraction of sp³-hybridized carbons (Fsp3) is 0.667. The minimum atomic E-state index is -0.634. The zero-order valence-corrected chi connectivity index (χ0v) is 4.61. The van der Waals surface area contributed by atoms with Crippen molar-refractivity contribution in [2.45, 2.75) is 5.66 Å². The molecular formula is C3H7N3S. The van der Waals surface area contributed by atoms with Gasteiger partial charge in [0.2, 0.25) is 0 Å². The lowest BCUT2D eigenvalue weighted by atomic mass is 10.3. The van der Waals surface area contributed by atoms with Crippen molar-refractivity contribution in [3.05, 3.63) is 0 Å². The fourth-order valence-electron chi connectivity index (χ4n) is 0.322. The third kappa shape index (κ3) is 1.15. The van der Waals surface area contributed by atoms with Gasteiger partial charge in [-0.05, 0) is 11.9 Å². The quantitative estimate of drug-likeness (QED) is 0.327. The molecule has 0 amide bonds. The molecule has 0 radical (unpaired) electrons. The lowest BCUT2D eigenvalue weighted by molar-refractivity contribution is 0.696. The van der Waals surface area contributed by atoms with Crippen LogP contribution >= 0.6 is 11.9 Å². The number of nitrogens with zero attached hydrogens (tertiary/aromatic N) is 1. The summed E-state index contributed by atoms with van der Waals surface area (Å²) in [6.45, 7) is 0. The molecule has 1 rings (SSSR count). The van der Waals surface area contributed by atoms with Gasteiger partial charge in [-0.3, -0.25) is 0 Å². The van der Waals surface area contributed by atoms with Crippen LogP contribution in [0, 0.1) is 0 Å². The van der Waals surface area contributed by atoms with E-state index in [-0.39, 0.29) is 0 Å². The van der Waals surface area contributed by atoms with Crippen molar-refractivity contribution < 1.29 is 0 Å². The van der Waals surface area contributed by atoms with Crippen LogP contribution in [0.15, 0.2) is 4.40 Å². The van der Waals surface area contributed by atoms with E-state index in [0.29, 0.717) is 5.75 Å². The standard InChI is InChI=1S/C3H7N3S/c4-3(5)1-6-7-2-3/h1H,2,4-5H2. The van der Waals surface area contributed by atoms with Gasteiger partial charge in [0.05, 0.1) is 5.75 Å². The Morgan fingerprint density at radius 1 is 1.71 bits per heavy atom. The summed E-state index contributed by atoms with van der Waals surface area (Å²) in [7, 11) is 0. The molecule has 1 aliphatic rings. The highest BCUT2D eigenvalue weighted by molar-refractivity contribution is 7.98. The van der Waals surface area contributed by atoms with Crippen molar-refractivity contribution in [3.63, 3.8) is 0 Å². The predicted molar refractivity (Wildman–Crippen MR) is 32.1 cm³/mol. The molecule has 0 spiro atoms. The second-order valence-electron chi connectivity index (χ2n) is 1.62. The highest BCUT2D eigenvalue weighted by Gasteiger charge is 2.19. The summed E-state index contributed by atoms with van der Waals surface area (Å²) in [5.74, 6) is 0.701. The highest BCUT2D eigenvalue weighted by Crippen LogP contribution is 2.12. The smallest absolute Gasteiger partial charge is 0.112 e. The Bertz CT molecular complexity index is 98.4. The molecule has 0 aliphatic carbocycles. The van der Waals surface area contributed by atoms with Gasteiger partial charge in [0.25, 0.3) is 0 Å². The van der Waals surface area contributed by atoms with Crippen molar-refractivity contribution in [1.82, 2.24) is 0 Å². The van der Waals surface area contributed by atoms with Crippen molar-refractivity contribution in [3.8, 4) is 0 Å². The predicted octanol–water partition coefficient (Wildman–Crippen LogP) is -0.667. The van der Waals surface area contributed by atoms with Crippen molar-refractivity contribution >= 4 is 18.2 Å². The average Bonchev–Trinajstić information content (AvgIpc) is 1.84. The molecule has 0 aromatic carbocycles. The Balaban J connectivity index is 2.57.